The van der Waals surface area contributed by atoms with Gasteiger partial charge in [0.05, 0.1) is 43.6 Å². The number of nitrogens with one attached hydrogen (secondary N) is 2. The highest BCUT2D eigenvalue weighted by Crippen LogP contribution is 2.62. The Labute approximate surface area is 307 Å². The van der Waals surface area contributed by atoms with Crippen molar-refractivity contribution in [3.63, 3.8) is 0 Å². The van der Waals surface area contributed by atoms with Crippen LogP contribution in [0.1, 0.15) is 52.0 Å². The molecule has 2 aromatic rings. The molecular weight excluding hydrogens is 658 g/mol. The summed E-state index contributed by atoms with van der Waals surface area (Å²) in [6, 6.07) is 12.4. The molecule has 4 N–H and O–H groups in total. The SMILES string of the molecule is C=C1C(NC(C)C(=O)N2CCOCC2)CC2[C@](C)(CC[C@@H](O)[C@@]2(C)CO)C1CC(Nc1ccccn1)C1=C/C(=C\c2ccc(N(C)C)cc2)OC1=O. The summed E-state index contributed by atoms with van der Waals surface area (Å²) in [5.74, 6) is 0.410. The summed E-state index contributed by atoms with van der Waals surface area (Å²) in [7, 11) is 3.98. The topological polar surface area (TPSA) is 136 Å². The number of allylic oxidation sites excluding steroid dienone is 1. The molecule has 280 valence electrons. The quantitative estimate of drug-likeness (QED) is 0.196. The summed E-state index contributed by atoms with van der Waals surface area (Å²) in [5, 5.41) is 29.4. The summed E-state index contributed by atoms with van der Waals surface area (Å²) < 4.78 is 11.3. The number of rotatable bonds is 11. The van der Waals surface area contributed by atoms with Crippen LogP contribution in [-0.2, 0) is 19.1 Å². The molecule has 4 aliphatic rings. The van der Waals surface area contributed by atoms with E-state index in [0.29, 0.717) is 62.7 Å². The van der Waals surface area contributed by atoms with Crippen molar-refractivity contribution in [2.24, 2.45) is 22.7 Å². The van der Waals surface area contributed by atoms with Crippen LogP contribution in [0.3, 0.4) is 0 Å². The molecule has 1 amide bonds. The number of aliphatic hydroxyl groups is 2. The number of anilines is 2. The summed E-state index contributed by atoms with van der Waals surface area (Å²) in [4.78, 5) is 35.7. The number of ether oxygens (including phenoxy) is 2. The van der Waals surface area contributed by atoms with Crippen molar-refractivity contribution in [3.8, 4) is 0 Å². The van der Waals surface area contributed by atoms with Crippen LogP contribution in [0.5, 0.6) is 0 Å². The minimum Gasteiger partial charge on any atom is -0.423 e. The van der Waals surface area contributed by atoms with Gasteiger partial charge in [0, 0.05) is 50.5 Å². The number of amides is 1. The minimum atomic E-state index is -0.767. The Morgan fingerprint density at radius 2 is 1.90 bits per heavy atom. The van der Waals surface area contributed by atoms with Crippen LogP contribution in [0.25, 0.3) is 6.08 Å². The molecule has 6 rings (SSSR count). The number of esters is 1. The van der Waals surface area contributed by atoms with Gasteiger partial charge < -0.3 is 34.8 Å². The van der Waals surface area contributed by atoms with Crippen molar-refractivity contribution in [3.05, 3.63) is 83.8 Å². The van der Waals surface area contributed by atoms with Crippen molar-refractivity contribution in [2.45, 2.75) is 70.7 Å². The molecule has 2 aliphatic heterocycles. The van der Waals surface area contributed by atoms with Crippen molar-refractivity contribution >= 4 is 29.5 Å². The number of cyclic esters (lactones) is 1. The lowest BCUT2D eigenvalue weighted by molar-refractivity contribution is -0.157. The maximum atomic E-state index is 13.7. The van der Waals surface area contributed by atoms with Gasteiger partial charge >= 0.3 is 5.97 Å². The van der Waals surface area contributed by atoms with Gasteiger partial charge in [-0.2, -0.15) is 0 Å². The third kappa shape index (κ3) is 7.55. The van der Waals surface area contributed by atoms with E-state index >= 15 is 0 Å². The van der Waals surface area contributed by atoms with Crippen LogP contribution in [0.4, 0.5) is 11.5 Å². The number of carbonyl (C=O) groups is 2. The highest BCUT2D eigenvalue weighted by molar-refractivity contribution is 5.95. The summed E-state index contributed by atoms with van der Waals surface area (Å²) in [5.41, 5.74) is 2.28. The van der Waals surface area contributed by atoms with Crippen LogP contribution in [-0.4, -0.2) is 103 Å². The predicted octanol–water partition coefficient (Wildman–Crippen LogP) is 4.40. The smallest absolute Gasteiger partial charge is 0.341 e. The number of pyridine rings is 1. The number of benzene rings is 1. The van der Waals surface area contributed by atoms with Gasteiger partial charge in [0.15, 0.2) is 0 Å². The highest BCUT2D eigenvalue weighted by Gasteiger charge is 2.60. The molecular formula is C41H55N5O6. The van der Waals surface area contributed by atoms with E-state index in [1.807, 2.05) is 92.4 Å². The molecule has 11 heteroatoms. The fraction of sp³-hybridized carbons (Fsp3) is 0.537. The number of morpholine rings is 1. The molecule has 52 heavy (non-hydrogen) atoms. The van der Waals surface area contributed by atoms with E-state index in [4.69, 9.17) is 16.1 Å². The van der Waals surface area contributed by atoms with Gasteiger partial charge in [-0.1, -0.05) is 44.2 Å². The maximum Gasteiger partial charge on any atom is 0.341 e. The van der Waals surface area contributed by atoms with Gasteiger partial charge in [-0.15, -0.1) is 0 Å². The van der Waals surface area contributed by atoms with Crippen LogP contribution in [0.2, 0.25) is 0 Å². The molecule has 3 heterocycles. The van der Waals surface area contributed by atoms with Crippen molar-refractivity contribution < 1.29 is 29.3 Å². The van der Waals surface area contributed by atoms with E-state index in [9.17, 15) is 19.8 Å². The Balaban J connectivity index is 1.35. The lowest BCUT2D eigenvalue weighted by Crippen LogP contribution is -2.62. The molecule has 11 nitrogen and oxygen atoms in total. The molecule has 5 unspecified atom stereocenters. The van der Waals surface area contributed by atoms with Crippen LogP contribution in [0.15, 0.2) is 78.2 Å². The second-order valence-electron chi connectivity index (χ2n) is 15.7. The van der Waals surface area contributed by atoms with Crippen LogP contribution >= 0.6 is 0 Å². The molecule has 3 fully saturated rings. The molecule has 1 aromatic heterocycles. The van der Waals surface area contributed by atoms with E-state index in [2.05, 4.69) is 22.5 Å². The highest BCUT2D eigenvalue weighted by atomic mass is 16.5. The van der Waals surface area contributed by atoms with Gasteiger partial charge in [-0.3, -0.25) is 10.1 Å². The van der Waals surface area contributed by atoms with E-state index in [1.54, 1.807) is 6.20 Å². The molecule has 2 aliphatic carbocycles. The Hall–Kier alpha value is -4.03. The standard InChI is InChI=1S/C41H55N5O6/c1-26-32(40(3)15-14-36(48)41(4,25-47)35(40)24-33(26)43-27(2)38(49)46-17-19-51-20-18-46)23-34(44-37-9-7-8-16-42-37)31-22-30(52-39(31)50)21-28-10-12-29(13-11-28)45(5)6/h7-13,16,21-22,27,32-36,43,47-48H,1,14-15,17-20,23-25H2,2-6H3,(H,42,44)/b30-21+/t27?,32?,33?,34?,35?,36-,40-,41+/m1/s1. The van der Waals surface area contributed by atoms with Crippen molar-refractivity contribution in [1.29, 1.82) is 0 Å². The second kappa shape index (κ2) is 15.5. The lowest BCUT2D eigenvalue weighted by atomic mass is 9.45. The summed E-state index contributed by atoms with van der Waals surface area (Å²) >= 11 is 0. The summed E-state index contributed by atoms with van der Waals surface area (Å²) in [6.45, 7) is 12.8. The number of hydrogen-bond donors (Lipinski definition) is 4. The average Bonchev–Trinajstić information content (AvgIpc) is 3.51. The summed E-state index contributed by atoms with van der Waals surface area (Å²) in [6.07, 6.45) is 7.07. The number of carbonyl (C=O) groups excluding carboxylic acids is 2. The van der Waals surface area contributed by atoms with E-state index in [0.717, 1.165) is 23.2 Å². The lowest BCUT2D eigenvalue weighted by Gasteiger charge is -2.62. The largest absolute Gasteiger partial charge is 0.423 e. The monoisotopic (exact) mass is 713 g/mol. The van der Waals surface area contributed by atoms with Gasteiger partial charge in [0.1, 0.15) is 11.6 Å². The number of nitrogens with zero attached hydrogens (tertiary/aromatic N) is 3. The zero-order valence-corrected chi connectivity index (χ0v) is 31.2. The molecule has 8 atom stereocenters. The minimum absolute atomic E-state index is 0.0128. The Morgan fingerprint density at radius 3 is 2.56 bits per heavy atom. The number of aromatic nitrogens is 1. The van der Waals surface area contributed by atoms with Crippen molar-refractivity contribution in [1.82, 2.24) is 15.2 Å². The first-order valence-corrected chi connectivity index (χ1v) is 18.5. The molecule has 0 spiro atoms. The molecule has 0 radical (unpaired) electrons. The third-order valence-electron chi connectivity index (χ3n) is 12.3. The maximum absolute atomic E-state index is 13.7. The van der Waals surface area contributed by atoms with Gasteiger partial charge in [-0.05, 0) is 91.8 Å². The van der Waals surface area contributed by atoms with E-state index in [-0.39, 0.29) is 35.8 Å². The third-order valence-corrected chi connectivity index (χ3v) is 12.3. The Bertz CT molecular complexity index is 1670. The normalized spacial score (nSPS) is 31.0. The first kappa shape index (κ1) is 37.7. The average molecular weight is 714 g/mol. The number of aliphatic hydroxyl groups excluding tert-OH is 2. The molecule has 2 saturated carbocycles. The Morgan fingerprint density at radius 1 is 1.17 bits per heavy atom. The van der Waals surface area contributed by atoms with Gasteiger partial charge in [0.25, 0.3) is 0 Å². The first-order chi connectivity index (χ1) is 24.8. The van der Waals surface area contributed by atoms with Crippen LogP contribution < -0.4 is 15.5 Å². The van der Waals surface area contributed by atoms with Crippen molar-refractivity contribution in [2.75, 3.05) is 57.2 Å². The van der Waals surface area contributed by atoms with E-state index in [1.165, 1.54) is 0 Å². The molecule has 1 saturated heterocycles. The fourth-order valence-electron chi connectivity index (χ4n) is 9.07. The molecule has 1 aromatic carbocycles. The van der Waals surface area contributed by atoms with Gasteiger partial charge in [0.2, 0.25) is 5.91 Å². The first-order valence-electron chi connectivity index (χ1n) is 18.5. The van der Waals surface area contributed by atoms with Gasteiger partial charge in [-0.25, -0.2) is 9.78 Å². The fourth-order valence-corrected chi connectivity index (χ4v) is 9.07. The van der Waals surface area contributed by atoms with E-state index < -0.39 is 29.6 Å². The second-order valence-corrected chi connectivity index (χ2v) is 15.7. The zero-order chi connectivity index (χ0) is 37.2. The predicted molar refractivity (Wildman–Crippen MR) is 202 cm³/mol. The molecule has 0 bridgehead atoms. The zero-order valence-electron chi connectivity index (χ0n) is 31.2. The number of hydrogen-bond acceptors (Lipinski definition) is 10. The number of fused-ring (bicyclic) bond motifs is 1. The van der Waals surface area contributed by atoms with Crippen LogP contribution in [0, 0.1) is 22.7 Å². The Kier molecular flexibility index (Phi) is 11.3.